The summed E-state index contributed by atoms with van der Waals surface area (Å²) in [6, 6.07) is 0.174. The van der Waals surface area contributed by atoms with E-state index in [4.69, 9.17) is 9.47 Å². The molecule has 0 bridgehead atoms. The first-order valence-electron chi connectivity index (χ1n) is 6.24. The number of ether oxygens (including phenoxy) is 2. The first-order valence-corrected chi connectivity index (χ1v) is 6.24. The number of hydrogen-bond acceptors (Lipinski definition) is 5. The van der Waals surface area contributed by atoms with E-state index in [-0.39, 0.29) is 18.2 Å². The van der Waals surface area contributed by atoms with Gasteiger partial charge in [0.15, 0.2) is 5.78 Å². The van der Waals surface area contributed by atoms with E-state index in [9.17, 15) is 4.79 Å². The van der Waals surface area contributed by atoms with Crippen LogP contribution in [0.25, 0.3) is 0 Å². The summed E-state index contributed by atoms with van der Waals surface area (Å²) in [6.45, 7) is 8.52. The van der Waals surface area contributed by atoms with E-state index in [0.717, 1.165) is 0 Å². The summed E-state index contributed by atoms with van der Waals surface area (Å²) in [5, 5.41) is 4.09. The Morgan fingerprint density at radius 1 is 1.33 bits per heavy atom. The van der Waals surface area contributed by atoms with Crippen molar-refractivity contribution in [2.75, 3.05) is 13.2 Å². The van der Waals surface area contributed by atoms with Gasteiger partial charge in [0, 0.05) is 19.3 Å². The smallest absolute Gasteiger partial charge is 0.218 e. The lowest BCUT2D eigenvalue weighted by Crippen LogP contribution is -2.30. The maximum absolute atomic E-state index is 12.0. The summed E-state index contributed by atoms with van der Waals surface area (Å²) in [7, 11) is 0. The molecule has 1 rings (SSSR count). The van der Waals surface area contributed by atoms with Crippen molar-refractivity contribution in [3.63, 3.8) is 0 Å². The topological polar surface area (TPSA) is 66.2 Å². The number of hydrogen-bond donors (Lipinski definition) is 0. The number of ketones is 1. The number of carbonyl (C=O) groups excluding carboxylic acids is 1. The van der Waals surface area contributed by atoms with Crippen LogP contribution in [0.4, 0.5) is 0 Å². The van der Waals surface area contributed by atoms with Crippen LogP contribution in [0.3, 0.4) is 0 Å². The van der Waals surface area contributed by atoms with Crippen molar-refractivity contribution < 1.29 is 14.3 Å². The monoisotopic (exact) mass is 255 g/mol. The van der Waals surface area contributed by atoms with E-state index < -0.39 is 6.29 Å². The normalized spacial score (nSPS) is 11.4. The van der Waals surface area contributed by atoms with Crippen LogP contribution in [-0.4, -0.2) is 40.1 Å². The number of Topliss-reactive ketones (excluding diaryl/α,β-unsaturated/α-hetero) is 1. The molecule has 0 aromatic carbocycles. The second kappa shape index (κ2) is 7.23. The van der Waals surface area contributed by atoms with Gasteiger partial charge in [-0.25, -0.2) is 9.67 Å². The van der Waals surface area contributed by atoms with Crippen molar-refractivity contribution in [2.24, 2.45) is 0 Å². The van der Waals surface area contributed by atoms with Crippen molar-refractivity contribution in [3.05, 3.63) is 12.2 Å². The van der Waals surface area contributed by atoms with Crippen molar-refractivity contribution in [1.29, 1.82) is 0 Å². The maximum Gasteiger partial charge on any atom is 0.218 e. The molecule has 6 heteroatoms. The van der Waals surface area contributed by atoms with Gasteiger partial charge in [0.2, 0.25) is 6.29 Å². The van der Waals surface area contributed by atoms with Gasteiger partial charge in [0.05, 0.1) is 6.42 Å². The highest BCUT2D eigenvalue weighted by molar-refractivity contribution is 5.83. The van der Waals surface area contributed by atoms with Gasteiger partial charge in [0.1, 0.15) is 12.2 Å². The molecule has 0 fully saturated rings. The molecular formula is C12H21N3O3. The van der Waals surface area contributed by atoms with Crippen LogP contribution < -0.4 is 0 Å². The Bertz CT molecular complexity index is 370. The van der Waals surface area contributed by atoms with Gasteiger partial charge in [-0.15, -0.1) is 0 Å². The van der Waals surface area contributed by atoms with Gasteiger partial charge < -0.3 is 9.47 Å². The molecule has 0 atom stereocenters. The molecule has 1 aromatic rings. The largest absolute Gasteiger partial charge is 0.346 e. The first-order chi connectivity index (χ1) is 8.60. The molecule has 0 aliphatic heterocycles. The summed E-state index contributed by atoms with van der Waals surface area (Å²) in [4.78, 5) is 16.1. The summed E-state index contributed by atoms with van der Waals surface area (Å²) >= 11 is 0. The highest BCUT2D eigenvalue weighted by Gasteiger charge is 2.21. The lowest BCUT2D eigenvalue weighted by Gasteiger charge is -2.16. The molecule has 18 heavy (non-hydrogen) atoms. The highest BCUT2D eigenvalue weighted by atomic mass is 16.7. The fraction of sp³-hybridized carbons (Fsp3) is 0.750. The minimum atomic E-state index is -0.808. The van der Waals surface area contributed by atoms with E-state index in [1.165, 1.54) is 6.33 Å². The fourth-order valence-electron chi connectivity index (χ4n) is 1.61. The molecule has 0 aliphatic rings. The second-order valence-electron chi connectivity index (χ2n) is 4.10. The molecule has 0 amide bonds. The quantitative estimate of drug-likeness (QED) is 0.656. The molecule has 0 unspecified atom stereocenters. The van der Waals surface area contributed by atoms with E-state index in [0.29, 0.717) is 19.0 Å². The number of aromatic nitrogens is 3. The molecule has 0 saturated carbocycles. The zero-order chi connectivity index (χ0) is 13.5. The number of nitrogens with zero attached hydrogens (tertiary/aromatic N) is 3. The van der Waals surface area contributed by atoms with Crippen molar-refractivity contribution >= 4 is 5.78 Å². The standard InChI is InChI=1S/C12H21N3O3/c1-5-17-12(18-6-2)10(16)7-11-13-8-14-15(11)9(3)4/h8-9,12H,5-7H2,1-4H3. The molecule has 1 aromatic heterocycles. The Morgan fingerprint density at radius 2 is 1.94 bits per heavy atom. The molecule has 0 aliphatic carbocycles. The molecule has 0 spiro atoms. The molecule has 1 heterocycles. The van der Waals surface area contributed by atoms with Crippen LogP contribution in [0.1, 0.15) is 39.6 Å². The van der Waals surface area contributed by atoms with Gasteiger partial charge in [0.25, 0.3) is 0 Å². The van der Waals surface area contributed by atoms with Crippen molar-refractivity contribution in [2.45, 2.75) is 46.4 Å². The Hall–Kier alpha value is -1.27. The van der Waals surface area contributed by atoms with Gasteiger partial charge in [-0.1, -0.05) is 0 Å². The Balaban J connectivity index is 2.69. The predicted octanol–water partition coefficient (Wildman–Crippen LogP) is 1.37. The van der Waals surface area contributed by atoms with Gasteiger partial charge >= 0.3 is 0 Å². The minimum Gasteiger partial charge on any atom is -0.346 e. The van der Waals surface area contributed by atoms with Gasteiger partial charge in [-0.05, 0) is 27.7 Å². The Morgan fingerprint density at radius 3 is 2.44 bits per heavy atom. The van der Waals surface area contributed by atoms with Crippen LogP contribution in [0.5, 0.6) is 0 Å². The second-order valence-corrected chi connectivity index (χ2v) is 4.10. The zero-order valence-electron chi connectivity index (χ0n) is 11.4. The van der Waals surface area contributed by atoms with Crippen molar-refractivity contribution in [3.8, 4) is 0 Å². The molecule has 6 nitrogen and oxygen atoms in total. The molecule has 0 saturated heterocycles. The fourth-order valence-corrected chi connectivity index (χ4v) is 1.61. The third-order valence-corrected chi connectivity index (χ3v) is 2.37. The van der Waals surface area contributed by atoms with Gasteiger partial charge in [-0.3, -0.25) is 4.79 Å². The number of rotatable bonds is 8. The number of carbonyl (C=O) groups is 1. The van der Waals surface area contributed by atoms with Crippen LogP contribution >= 0.6 is 0 Å². The lowest BCUT2D eigenvalue weighted by atomic mass is 10.2. The third kappa shape index (κ3) is 3.89. The van der Waals surface area contributed by atoms with E-state index in [2.05, 4.69) is 10.1 Å². The SMILES string of the molecule is CCOC(OCC)C(=O)Cc1ncnn1C(C)C. The van der Waals surface area contributed by atoms with Crippen LogP contribution in [-0.2, 0) is 20.7 Å². The molecule has 0 N–H and O–H groups in total. The summed E-state index contributed by atoms with van der Waals surface area (Å²) in [5.74, 6) is 0.507. The third-order valence-electron chi connectivity index (χ3n) is 2.37. The average molecular weight is 255 g/mol. The van der Waals surface area contributed by atoms with Crippen molar-refractivity contribution in [1.82, 2.24) is 14.8 Å². The molecular weight excluding hydrogens is 234 g/mol. The lowest BCUT2D eigenvalue weighted by molar-refractivity contribution is -0.167. The van der Waals surface area contributed by atoms with Gasteiger partial charge in [-0.2, -0.15) is 5.10 Å². The Labute approximate surface area is 107 Å². The van der Waals surface area contributed by atoms with E-state index in [1.807, 2.05) is 27.7 Å². The first kappa shape index (κ1) is 14.8. The summed E-state index contributed by atoms with van der Waals surface area (Å²) in [6.07, 6.45) is 0.819. The van der Waals surface area contributed by atoms with Crippen LogP contribution in [0.15, 0.2) is 6.33 Å². The maximum atomic E-state index is 12.0. The van der Waals surface area contributed by atoms with Crippen LogP contribution in [0.2, 0.25) is 0 Å². The van der Waals surface area contributed by atoms with E-state index >= 15 is 0 Å². The molecule has 0 radical (unpaired) electrons. The zero-order valence-corrected chi connectivity index (χ0v) is 11.4. The average Bonchev–Trinajstić information content (AvgIpc) is 2.77. The summed E-state index contributed by atoms with van der Waals surface area (Å²) < 4.78 is 12.3. The highest BCUT2D eigenvalue weighted by Crippen LogP contribution is 2.08. The predicted molar refractivity (Wildman–Crippen MR) is 66.2 cm³/mol. The van der Waals surface area contributed by atoms with Crippen LogP contribution in [0, 0.1) is 0 Å². The van der Waals surface area contributed by atoms with E-state index in [1.54, 1.807) is 4.68 Å². The summed E-state index contributed by atoms with van der Waals surface area (Å²) in [5.41, 5.74) is 0. The molecule has 102 valence electrons. The minimum absolute atomic E-state index is 0.131. The Kier molecular flexibility index (Phi) is 5.94.